The Morgan fingerprint density at radius 1 is 1.39 bits per heavy atom. The molecule has 7 heteroatoms. The normalized spacial score (nSPS) is 22.7. The van der Waals surface area contributed by atoms with E-state index in [1.165, 1.54) is 11.9 Å². The molecule has 0 bridgehead atoms. The van der Waals surface area contributed by atoms with Crippen molar-refractivity contribution in [3.05, 3.63) is 29.8 Å². The molecule has 1 aromatic rings. The number of rotatable bonds is 4. The van der Waals surface area contributed by atoms with Crippen molar-refractivity contribution in [2.24, 2.45) is 0 Å². The van der Waals surface area contributed by atoms with Crippen LogP contribution in [0.2, 0.25) is 0 Å². The minimum absolute atomic E-state index is 0.00407. The van der Waals surface area contributed by atoms with Crippen molar-refractivity contribution in [2.45, 2.75) is 37.5 Å². The molecule has 1 fully saturated rings. The molecule has 0 aliphatic carbocycles. The molecule has 1 amide bonds. The van der Waals surface area contributed by atoms with Gasteiger partial charge in [0.2, 0.25) is 5.91 Å². The fourth-order valence-corrected chi connectivity index (χ4v) is 2.92. The molecule has 0 aromatic heterocycles. The van der Waals surface area contributed by atoms with Crippen LogP contribution >= 0.6 is 0 Å². The maximum atomic E-state index is 12.8. The lowest BCUT2D eigenvalue weighted by molar-refractivity contribution is -0.188. The predicted molar refractivity (Wildman–Crippen MR) is 80.3 cm³/mol. The third-order valence-electron chi connectivity index (χ3n) is 4.07. The maximum absolute atomic E-state index is 12.8. The van der Waals surface area contributed by atoms with E-state index in [2.05, 4.69) is 5.32 Å². The highest BCUT2D eigenvalue weighted by Crippen LogP contribution is 2.30. The highest BCUT2D eigenvalue weighted by Gasteiger charge is 2.44. The van der Waals surface area contributed by atoms with Crippen molar-refractivity contribution in [3.63, 3.8) is 0 Å². The van der Waals surface area contributed by atoms with Gasteiger partial charge in [-0.15, -0.1) is 0 Å². The van der Waals surface area contributed by atoms with E-state index in [0.29, 0.717) is 12.2 Å². The van der Waals surface area contributed by atoms with Gasteiger partial charge in [-0.25, -0.2) is 0 Å². The van der Waals surface area contributed by atoms with Gasteiger partial charge in [0.05, 0.1) is 13.5 Å². The van der Waals surface area contributed by atoms with Crippen LogP contribution < -0.4 is 10.1 Å². The molecule has 0 radical (unpaired) electrons. The van der Waals surface area contributed by atoms with Crippen LogP contribution in [-0.2, 0) is 11.2 Å². The Labute approximate surface area is 133 Å². The number of carbonyl (C=O) groups excluding carboxylic acids is 1. The summed E-state index contributed by atoms with van der Waals surface area (Å²) in [6.45, 7) is 0.202. The summed E-state index contributed by atoms with van der Waals surface area (Å²) in [5.74, 6) is 0.475. The number of piperidine rings is 1. The molecule has 4 nitrogen and oxygen atoms in total. The second-order valence-electron chi connectivity index (χ2n) is 5.87. The number of hydrogen-bond donors (Lipinski definition) is 1. The van der Waals surface area contributed by atoms with Crippen molar-refractivity contribution in [2.75, 3.05) is 20.7 Å². The first-order chi connectivity index (χ1) is 10.8. The molecule has 1 saturated heterocycles. The van der Waals surface area contributed by atoms with Gasteiger partial charge in [0.15, 0.2) is 0 Å². The Morgan fingerprint density at radius 2 is 2.13 bits per heavy atom. The van der Waals surface area contributed by atoms with E-state index in [4.69, 9.17) is 4.74 Å². The van der Waals surface area contributed by atoms with E-state index >= 15 is 0 Å². The van der Waals surface area contributed by atoms with Gasteiger partial charge < -0.3 is 10.1 Å². The van der Waals surface area contributed by atoms with Crippen LogP contribution in [0, 0.1) is 0 Å². The van der Waals surface area contributed by atoms with Crippen LogP contribution in [0.3, 0.4) is 0 Å². The molecular formula is C16H21F3N2O2. The van der Waals surface area contributed by atoms with Crippen molar-refractivity contribution in [3.8, 4) is 5.75 Å². The number of amides is 1. The smallest absolute Gasteiger partial charge is 0.404 e. The zero-order chi connectivity index (χ0) is 17.0. The molecule has 1 N–H and O–H groups in total. The number of ether oxygens (including phenoxy) is 1. The van der Waals surface area contributed by atoms with Gasteiger partial charge in [0, 0.05) is 12.6 Å². The lowest BCUT2D eigenvalue weighted by Crippen LogP contribution is -2.54. The third-order valence-corrected chi connectivity index (χ3v) is 4.07. The van der Waals surface area contributed by atoms with Gasteiger partial charge in [0.1, 0.15) is 11.8 Å². The number of hydrogen-bond acceptors (Lipinski definition) is 3. The van der Waals surface area contributed by atoms with Gasteiger partial charge in [-0.2, -0.15) is 13.2 Å². The Morgan fingerprint density at radius 3 is 2.74 bits per heavy atom. The summed E-state index contributed by atoms with van der Waals surface area (Å²) in [5.41, 5.74) is 0.805. The predicted octanol–water partition coefficient (Wildman–Crippen LogP) is 2.38. The Kier molecular flexibility index (Phi) is 5.51. The summed E-state index contributed by atoms with van der Waals surface area (Å²) < 4.78 is 43.5. The summed E-state index contributed by atoms with van der Waals surface area (Å²) in [7, 11) is 2.99. The molecule has 1 aliphatic rings. The molecule has 23 heavy (non-hydrogen) atoms. The first kappa shape index (κ1) is 17.6. The van der Waals surface area contributed by atoms with Crippen LogP contribution in [-0.4, -0.2) is 49.8 Å². The molecule has 2 rings (SSSR count). The van der Waals surface area contributed by atoms with Gasteiger partial charge in [-0.1, -0.05) is 12.1 Å². The fraction of sp³-hybridized carbons (Fsp3) is 0.562. The van der Waals surface area contributed by atoms with Crippen LogP contribution in [0.1, 0.15) is 18.4 Å². The number of methoxy groups -OCH3 is 1. The second-order valence-corrected chi connectivity index (χ2v) is 5.87. The second kappa shape index (κ2) is 7.21. The van der Waals surface area contributed by atoms with Gasteiger partial charge >= 0.3 is 6.18 Å². The molecule has 1 aromatic carbocycles. The van der Waals surface area contributed by atoms with Crippen LogP contribution in [0.15, 0.2) is 24.3 Å². The average Bonchev–Trinajstić information content (AvgIpc) is 2.46. The minimum atomic E-state index is -4.22. The molecule has 128 valence electrons. The topological polar surface area (TPSA) is 41.6 Å². The largest absolute Gasteiger partial charge is 0.497 e. The number of nitrogens with zero attached hydrogens (tertiary/aromatic N) is 1. The number of likely N-dealkylation sites (tertiary alicyclic amines) is 1. The quantitative estimate of drug-likeness (QED) is 0.922. The zero-order valence-electron chi connectivity index (χ0n) is 13.2. The zero-order valence-corrected chi connectivity index (χ0v) is 13.2. The lowest BCUT2D eigenvalue weighted by atomic mass is 9.98. The van der Waals surface area contributed by atoms with Crippen LogP contribution in [0.25, 0.3) is 0 Å². The standard InChI is InChI=1S/C16H21F3N2O2/c1-21-10-12(6-7-14(21)16(17,18)19)20-15(22)9-11-4-3-5-13(8-11)23-2/h3-5,8,12,14H,6-7,9-10H2,1-2H3,(H,20,22)/t12-,14-/m1/s1. The van der Waals surface area contributed by atoms with Crippen molar-refractivity contribution >= 4 is 5.91 Å². The number of likely N-dealkylation sites (N-methyl/N-ethyl adjacent to an activating group) is 1. The van der Waals surface area contributed by atoms with Crippen molar-refractivity contribution in [1.29, 1.82) is 0 Å². The SMILES string of the molecule is COc1cccc(CC(=O)N[C@@H]2CC[C@H](C(F)(F)F)N(C)C2)c1. The summed E-state index contributed by atoms with van der Waals surface area (Å²) >= 11 is 0. The number of benzene rings is 1. The van der Waals surface area contributed by atoms with E-state index in [9.17, 15) is 18.0 Å². The van der Waals surface area contributed by atoms with E-state index in [0.717, 1.165) is 5.56 Å². The van der Waals surface area contributed by atoms with Gasteiger partial charge in [-0.05, 0) is 37.6 Å². The van der Waals surface area contributed by atoms with Crippen molar-refractivity contribution in [1.82, 2.24) is 10.2 Å². The molecule has 1 heterocycles. The summed E-state index contributed by atoms with van der Waals surface area (Å²) in [4.78, 5) is 13.3. The van der Waals surface area contributed by atoms with E-state index in [1.807, 2.05) is 6.07 Å². The summed E-state index contributed by atoms with van der Waals surface area (Å²) in [6.07, 6.45) is -3.70. The fourth-order valence-electron chi connectivity index (χ4n) is 2.92. The average molecular weight is 330 g/mol. The number of alkyl halides is 3. The Balaban J connectivity index is 1.87. The van der Waals surface area contributed by atoms with E-state index in [-0.39, 0.29) is 31.3 Å². The van der Waals surface area contributed by atoms with E-state index in [1.54, 1.807) is 25.3 Å². The summed E-state index contributed by atoms with van der Waals surface area (Å²) in [5, 5.41) is 2.82. The molecule has 0 spiro atoms. The summed E-state index contributed by atoms with van der Waals surface area (Å²) in [6, 6.07) is 5.49. The van der Waals surface area contributed by atoms with E-state index < -0.39 is 12.2 Å². The molecule has 2 atom stereocenters. The van der Waals surface area contributed by atoms with Crippen LogP contribution in [0.5, 0.6) is 5.75 Å². The first-order valence-corrected chi connectivity index (χ1v) is 7.49. The van der Waals surface area contributed by atoms with Crippen LogP contribution in [0.4, 0.5) is 13.2 Å². The van der Waals surface area contributed by atoms with Gasteiger partial charge in [0.25, 0.3) is 0 Å². The molecule has 0 unspecified atom stereocenters. The number of carbonyl (C=O) groups is 1. The maximum Gasteiger partial charge on any atom is 0.404 e. The molecular weight excluding hydrogens is 309 g/mol. The Bertz CT molecular complexity index is 548. The van der Waals surface area contributed by atoms with Gasteiger partial charge in [-0.3, -0.25) is 9.69 Å². The number of nitrogens with one attached hydrogen (secondary N) is 1. The van der Waals surface area contributed by atoms with Crippen molar-refractivity contribution < 1.29 is 22.7 Å². The number of halogens is 3. The highest BCUT2D eigenvalue weighted by molar-refractivity contribution is 5.79. The molecule has 0 saturated carbocycles. The highest BCUT2D eigenvalue weighted by atomic mass is 19.4. The monoisotopic (exact) mass is 330 g/mol. The first-order valence-electron chi connectivity index (χ1n) is 7.49. The lowest BCUT2D eigenvalue weighted by Gasteiger charge is -2.38. The third kappa shape index (κ3) is 4.86. The Hall–Kier alpha value is -1.76. The molecule has 1 aliphatic heterocycles. The minimum Gasteiger partial charge on any atom is -0.497 e.